The molecule has 0 saturated carbocycles. The first-order valence-corrected chi connectivity index (χ1v) is 14.7. The first-order valence-electron chi connectivity index (χ1n) is 12.9. The molecule has 2 heterocycles. The van der Waals surface area contributed by atoms with Crippen LogP contribution in [0.4, 0.5) is 10.5 Å². The summed E-state index contributed by atoms with van der Waals surface area (Å²) in [7, 11) is -3.36. The third-order valence-electron chi connectivity index (χ3n) is 6.62. The molecule has 2 amide bonds. The van der Waals surface area contributed by atoms with Crippen LogP contribution in [-0.4, -0.2) is 88.0 Å². The van der Waals surface area contributed by atoms with Crippen molar-refractivity contribution in [2.24, 2.45) is 5.92 Å². The molecule has 2 fully saturated rings. The number of amides is 2. The summed E-state index contributed by atoms with van der Waals surface area (Å²) in [6.07, 6.45) is 5.44. The largest absolute Gasteiger partial charge is 0.444 e. The van der Waals surface area contributed by atoms with Gasteiger partial charge in [-0.2, -0.15) is 8.42 Å². The lowest BCUT2D eigenvalue weighted by Gasteiger charge is -2.37. The van der Waals surface area contributed by atoms with E-state index in [4.69, 9.17) is 8.92 Å². The zero-order chi connectivity index (χ0) is 26.3. The van der Waals surface area contributed by atoms with Gasteiger partial charge in [0, 0.05) is 50.5 Å². The Kier molecular flexibility index (Phi) is 9.63. The second-order valence-corrected chi connectivity index (χ2v) is 12.4. The topological polar surface area (TPSA) is 96.5 Å². The summed E-state index contributed by atoms with van der Waals surface area (Å²) in [6, 6.07) is 7.76. The number of piperazine rings is 1. The normalized spacial score (nSPS) is 17.8. The lowest BCUT2D eigenvalue weighted by molar-refractivity contribution is 0.0240. The number of carbonyl (C=O) groups is 2. The van der Waals surface area contributed by atoms with Crippen molar-refractivity contribution < 1.29 is 26.9 Å². The van der Waals surface area contributed by atoms with E-state index in [2.05, 4.69) is 4.90 Å². The summed E-state index contributed by atoms with van der Waals surface area (Å²) >= 11 is 0. The van der Waals surface area contributed by atoms with Crippen molar-refractivity contribution in [2.75, 3.05) is 57.0 Å². The SMILES string of the molecule is CC(C)(C)OC(=O)N1CCN(c2ccc(C(=O)N3CCC(CCCCOS(C)(=O)=O)CC3)cc2)CC1. The van der Waals surface area contributed by atoms with E-state index in [1.165, 1.54) is 0 Å². The van der Waals surface area contributed by atoms with Crippen LogP contribution in [-0.2, 0) is 19.0 Å². The molecule has 1 aromatic carbocycles. The first kappa shape index (κ1) is 28.2. The molecule has 0 bridgehead atoms. The molecule has 0 unspecified atom stereocenters. The molecule has 202 valence electrons. The summed E-state index contributed by atoms with van der Waals surface area (Å²) in [6.45, 7) is 10.0. The number of nitrogens with zero attached hydrogens (tertiary/aromatic N) is 3. The minimum Gasteiger partial charge on any atom is -0.444 e. The quantitative estimate of drug-likeness (QED) is 0.378. The minimum absolute atomic E-state index is 0.0660. The molecular formula is C26H41N3O6S. The maximum Gasteiger partial charge on any atom is 0.410 e. The highest BCUT2D eigenvalue weighted by molar-refractivity contribution is 7.85. The Labute approximate surface area is 215 Å². The van der Waals surface area contributed by atoms with Crippen LogP contribution in [0.25, 0.3) is 0 Å². The molecule has 10 heteroatoms. The third kappa shape index (κ3) is 8.96. The van der Waals surface area contributed by atoms with Crippen molar-refractivity contribution in [3.63, 3.8) is 0 Å². The number of benzene rings is 1. The Morgan fingerprint density at radius 1 is 0.917 bits per heavy atom. The van der Waals surface area contributed by atoms with Gasteiger partial charge in [0.25, 0.3) is 16.0 Å². The molecule has 0 aliphatic carbocycles. The summed E-state index contributed by atoms with van der Waals surface area (Å²) < 4.78 is 32.3. The molecule has 0 atom stereocenters. The molecule has 0 spiro atoms. The van der Waals surface area contributed by atoms with Gasteiger partial charge in [-0.05, 0) is 70.2 Å². The maximum atomic E-state index is 13.0. The molecule has 1 aromatic rings. The van der Waals surface area contributed by atoms with Gasteiger partial charge in [-0.25, -0.2) is 4.79 Å². The first-order chi connectivity index (χ1) is 16.9. The van der Waals surface area contributed by atoms with Gasteiger partial charge >= 0.3 is 6.09 Å². The zero-order valence-corrected chi connectivity index (χ0v) is 22.9. The summed E-state index contributed by atoms with van der Waals surface area (Å²) in [5.41, 5.74) is 1.25. The molecule has 2 saturated heterocycles. The lowest BCUT2D eigenvalue weighted by Crippen LogP contribution is -2.50. The van der Waals surface area contributed by atoms with Gasteiger partial charge in [0.05, 0.1) is 12.9 Å². The number of anilines is 1. The predicted molar refractivity (Wildman–Crippen MR) is 140 cm³/mol. The highest BCUT2D eigenvalue weighted by Gasteiger charge is 2.27. The maximum absolute atomic E-state index is 13.0. The molecule has 9 nitrogen and oxygen atoms in total. The molecule has 2 aliphatic heterocycles. The van der Waals surface area contributed by atoms with E-state index in [1.807, 2.05) is 49.9 Å². The van der Waals surface area contributed by atoms with Gasteiger partial charge in [0.2, 0.25) is 0 Å². The molecule has 36 heavy (non-hydrogen) atoms. The molecular weight excluding hydrogens is 482 g/mol. The van der Waals surface area contributed by atoms with Gasteiger partial charge in [-0.15, -0.1) is 0 Å². The average Bonchev–Trinajstić information content (AvgIpc) is 2.82. The van der Waals surface area contributed by atoms with Crippen LogP contribution in [0.1, 0.15) is 63.2 Å². The number of unbranched alkanes of at least 4 members (excludes halogenated alkanes) is 1. The minimum atomic E-state index is -3.36. The summed E-state index contributed by atoms with van der Waals surface area (Å²) in [4.78, 5) is 31.2. The molecule has 0 N–H and O–H groups in total. The van der Waals surface area contributed by atoms with E-state index in [0.29, 0.717) is 24.6 Å². The Morgan fingerprint density at radius 3 is 2.08 bits per heavy atom. The van der Waals surface area contributed by atoms with E-state index in [9.17, 15) is 18.0 Å². The Bertz CT molecular complexity index is 974. The Morgan fingerprint density at radius 2 is 1.53 bits per heavy atom. The van der Waals surface area contributed by atoms with Crippen LogP contribution in [0.5, 0.6) is 0 Å². The fourth-order valence-corrected chi connectivity index (χ4v) is 5.06. The molecule has 0 radical (unpaired) electrons. The van der Waals surface area contributed by atoms with Crippen molar-refractivity contribution in [3.05, 3.63) is 29.8 Å². The van der Waals surface area contributed by atoms with E-state index in [1.54, 1.807) is 4.90 Å². The summed E-state index contributed by atoms with van der Waals surface area (Å²) in [5.74, 6) is 0.630. The van der Waals surface area contributed by atoms with Crippen molar-refractivity contribution in [2.45, 2.75) is 58.5 Å². The van der Waals surface area contributed by atoms with E-state index >= 15 is 0 Å². The van der Waals surface area contributed by atoms with E-state index < -0.39 is 15.7 Å². The summed E-state index contributed by atoms with van der Waals surface area (Å²) in [5, 5.41) is 0. The van der Waals surface area contributed by atoms with Crippen LogP contribution in [0, 0.1) is 5.92 Å². The number of carbonyl (C=O) groups excluding carboxylic acids is 2. The zero-order valence-electron chi connectivity index (χ0n) is 22.1. The predicted octanol–water partition coefficient (Wildman–Crippen LogP) is 3.74. The van der Waals surface area contributed by atoms with Gasteiger partial charge < -0.3 is 19.4 Å². The van der Waals surface area contributed by atoms with Gasteiger partial charge in [-0.3, -0.25) is 8.98 Å². The van der Waals surface area contributed by atoms with E-state index in [-0.39, 0.29) is 18.6 Å². The number of ether oxygens (including phenoxy) is 1. The second-order valence-electron chi connectivity index (χ2n) is 10.8. The van der Waals surface area contributed by atoms with Crippen molar-refractivity contribution in [1.29, 1.82) is 0 Å². The molecule has 2 aliphatic rings. The van der Waals surface area contributed by atoms with Crippen molar-refractivity contribution in [1.82, 2.24) is 9.80 Å². The standard InChI is InChI=1S/C26H41N3O6S/c1-26(2,3)35-25(31)29-18-16-27(17-19-29)23-10-8-22(9-11-23)24(30)28-14-12-21(13-15-28)7-5-6-20-34-36(4,32)33/h8-11,21H,5-7,12-20H2,1-4H3. The van der Waals surface area contributed by atoms with E-state index in [0.717, 1.165) is 70.2 Å². The van der Waals surface area contributed by atoms with Crippen LogP contribution in [0.3, 0.4) is 0 Å². The third-order valence-corrected chi connectivity index (χ3v) is 7.21. The molecule has 3 rings (SSSR count). The average molecular weight is 524 g/mol. The van der Waals surface area contributed by atoms with Crippen LogP contribution < -0.4 is 4.90 Å². The fraction of sp³-hybridized carbons (Fsp3) is 0.692. The molecule has 0 aromatic heterocycles. The van der Waals surface area contributed by atoms with Crippen molar-refractivity contribution >= 4 is 27.8 Å². The number of piperidine rings is 1. The number of hydrogen-bond acceptors (Lipinski definition) is 7. The van der Waals surface area contributed by atoms with Crippen LogP contribution >= 0.6 is 0 Å². The second kappa shape index (κ2) is 12.3. The fourth-order valence-electron chi connectivity index (χ4n) is 4.64. The monoisotopic (exact) mass is 523 g/mol. The van der Waals surface area contributed by atoms with Gasteiger partial charge in [-0.1, -0.05) is 12.8 Å². The Hall–Kier alpha value is -2.33. The Balaban J connectivity index is 1.40. The van der Waals surface area contributed by atoms with Crippen molar-refractivity contribution in [3.8, 4) is 0 Å². The lowest BCUT2D eigenvalue weighted by atomic mass is 9.91. The van der Waals surface area contributed by atoms with Crippen LogP contribution in [0.15, 0.2) is 24.3 Å². The van der Waals surface area contributed by atoms with Crippen LogP contribution in [0.2, 0.25) is 0 Å². The number of likely N-dealkylation sites (tertiary alicyclic amines) is 1. The smallest absolute Gasteiger partial charge is 0.410 e. The van der Waals surface area contributed by atoms with Gasteiger partial charge in [0.1, 0.15) is 5.60 Å². The van der Waals surface area contributed by atoms with Gasteiger partial charge in [0.15, 0.2) is 0 Å². The number of hydrogen-bond donors (Lipinski definition) is 0. The number of rotatable bonds is 8. The highest BCUT2D eigenvalue weighted by Crippen LogP contribution is 2.25. The highest BCUT2D eigenvalue weighted by atomic mass is 32.2.